The van der Waals surface area contributed by atoms with E-state index in [9.17, 15) is 18.0 Å². The van der Waals surface area contributed by atoms with Gasteiger partial charge in [0.05, 0.1) is 22.3 Å². The Labute approximate surface area is 194 Å². The summed E-state index contributed by atoms with van der Waals surface area (Å²) in [4.78, 5) is 25.9. The van der Waals surface area contributed by atoms with Gasteiger partial charge in [0.15, 0.2) is 0 Å². The summed E-state index contributed by atoms with van der Waals surface area (Å²) in [5.41, 5.74) is 1.60. The first-order chi connectivity index (χ1) is 15.9. The van der Waals surface area contributed by atoms with E-state index < -0.39 is 15.9 Å². The Morgan fingerprint density at radius 1 is 1.03 bits per heavy atom. The van der Waals surface area contributed by atoms with Gasteiger partial charge in [0, 0.05) is 31.8 Å². The lowest BCUT2D eigenvalue weighted by Crippen LogP contribution is -2.32. The van der Waals surface area contributed by atoms with Crippen LogP contribution >= 0.6 is 0 Å². The lowest BCUT2D eigenvalue weighted by molar-refractivity contribution is 0.0858. The molecule has 2 aliphatic heterocycles. The number of ether oxygens (including phenoxy) is 1. The van der Waals surface area contributed by atoms with Gasteiger partial charge in [-0.25, -0.2) is 8.42 Å². The van der Waals surface area contributed by atoms with Gasteiger partial charge < -0.3 is 15.4 Å². The average Bonchev–Trinajstić information content (AvgIpc) is 3.52. The van der Waals surface area contributed by atoms with Gasteiger partial charge in [-0.3, -0.25) is 9.59 Å². The quantitative estimate of drug-likeness (QED) is 0.646. The molecule has 2 saturated heterocycles. The Morgan fingerprint density at radius 3 is 2.52 bits per heavy atom. The van der Waals surface area contributed by atoms with E-state index >= 15 is 0 Å². The standard InChI is InChI=1S/C24H29N3O5S/c1-17-10-11-19(33(30,31)27-12-4-5-13-27)15-21(17)24(29)26-22-9-3-2-8-20(22)23(28)25-16-18-7-6-14-32-18/h2-3,8-11,15,18H,4-7,12-14,16H2,1H3,(H,25,28)(H,26,29). The van der Waals surface area contributed by atoms with Crippen molar-refractivity contribution in [3.63, 3.8) is 0 Å². The van der Waals surface area contributed by atoms with Gasteiger partial charge in [0.1, 0.15) is 0 Å². The molecule has 0 spiro atoms. The molecule has 0 aliphatic carbocycles. The van der Waals surface area contributed by atoms with Gasteiger partial charge in [-0.1, -0.05) is 18.2 Å². The number of carbonyl (C=O) groups excluding carboxylic acids is 2. The zero-order valence-corrected chi connectivity index (χ0v) is 19.5. The van der Waals surface area contributed by atoms with Crippen LogP contribution in [0, 0.1) is 6.92 Å². The largest absolute Gasteiger partial charge is 0.376 e. The van der Waals surface area contributed by atoms with Crippen LogP contribution in [-0.4, -0.2) is 56.9 Å². The highest BCUT2D eigenvalue weighted by Gasteiger charge is 2.28. The van der Waals surface area contributed by atoms with Crippen LogP contribution in [0.4, 0.5) is 5.69 Å². The zero-order valence-electron chi connectivity index (χ0n) is 18.7. The second-order valence-corrected chi connectivity index (χ2v) is 10.4. The molecule has 2 fully saturated rings. The molecule has 0 aromatic heterocycles. The van der Waals surface area contributed by atoms with Crippen LogP contribution in [0.25, 0.3) is 0 Å². The fourth-order valence-corrected chi connectivity index (χ4v) is 5.71. The molecule has 0 radical (unpaired) electrons. The molecule has 0 bridgehead atoms. The molecule has 2 amide bonds. The number of anilines is 1. The summed E-state index contributed by atoms with van der Waals surface area (Å²) in [6.45, 7) is 3.86. The molecule has 1 atom stereocenters. The third kappa shape index (κ3) is 5.26. The van der Waals surface area contributed by atoms with Gasteiger partial charge in [-0.2, -0.15) is 4.31 Å². The summed E-state index contributed by atoms with van der Waals surface area (Å²) < 4.78 is 32.9. The maximum Gasteiger partial charge on any atom is 0.255 e. The second kappa shape index (κ2) is 10.0. The molecule has 1 unspecified atom stereocenters. The van der Waals surface area contributed by atoms with Crippen LogP contribution < -0.4 is 10.6 Å². The number of hydrogen-bond acceptors (Lipinski definition) is 5. The normalized spacial score (nSPS) is 18.9. The van der Waals surface area contributed by atoms with Crippen LogP contribution in [0.2, 0.25) is 0 Å². The van der Waals surface area contributed by atoms with E-state index in [0.29, 0.717) is 43.1 Å². The van der Waals surface area contributed by atoms with Crippen molar-refractivity contribution in [2.24, 2.45) is 0 Å². The third-order valence-electron chi connectivity index (χ3n) is 6.09. The van der Waals surface area contributed by atoms with E-state index in [-0.39, 0.29) is 22.5 Å². The van der Waals surface area contributed by atoms with Gasteiger partial charge >= 0.3 is 0 Å². The first-order valence-electron chi connectivity index (χ1n) is 11.3. The van der Waals surface area contributed by atoms with Crippen LogP contribution in [0.15, 0.2) is 47.4 Å². The smallest absolute Gasteiger partial charge is 0.255 e. The average molecular weight is 472 g/mol. The first kappa shape index (κ1) is 23.4. The number of rotatable bonds is 7. The maximum atomic E-state index is 13.1. The highest BCUT2D eigenvalue weighted by atomic mass is 32.2. The van der Waals surface area contributed by atoms with Crippen molar-refractivity contribution in [2.75, 3.05) is 31.6 Å². The lowest BCUT2D eigenvalue weighted by atomic mass is 10.1. The van der Waals surface area contributed by atoms with E-state index in [0.717, 1.165) is 25.7 Å². The SMILES string of the molecule is Cc1ccc(S(=O)(=O)N2CCCC2)cc1C(=O)Nc1ccccc1C(=O)NCC1CCCO1. The molecule has 9 heteroatoms. The third-order valence-corrected chi connectivity index (χ3v) is 7.99. The van der Waals surface area contributed by atoms with E-state index in [1.807, 2.05) is 0 Å². The Bertz CT molecular complexity index is 1140. The molecule has 4 rings (SSSR count). The molecule has 2 N–H and O–H groups in total. The van der Waals surface area contributed by atoms with Crippen molar-refractivity contribution in [3.05, 3.63) is 59.2 Å². The van der Waals surface area contributed by atoms with E-state index in [4.69, 9.17) is 4.74 Å². The summed E-state index contributed by atoms with van der Waals surface area (Å²) in [5.74, 6) is -0.770. The fourth-order valence-electron chi connectivity index (χ4n) is 4.17. The number of amides is 2. The van der Waals surface area contributed by atoms with Crippen LogP contribution in [0.3, 0.4) is 0 Å². The van der Waals surface area contributed by atoms with Crippen LogP contribution in [0.1, 0.15) is 52.0 Å². The predicted molar refractivity (Wildman–Crippen MR) is 125 cm³/mol. The Hall–Kier alpha value is -2.75. The number of nitrogens with one attached hydrogen (secondary N) is 2. The fraction of sp³-hybridized carbons (Fsp3) is 0.417. The summed E-state index contributed by atoms with van der Waals surface area (Å²) in [6.07, 6.45) is 3.58. The summed E-state index contributed by atoms with van der Waals surface area (Å²) >= 11 is 0. The molecule has 33 heavy (non-hydrogen) atoms. The molecule has 176 valence electrons. The monoisotopic (exact) mass is 471 g/mol. The topological polar surface area (TPSA) is 105 Å². The molecule has 8 nitrogen and oxygen atoms in total. The lowest BCUT2D eigenvalue weighted by Gasteiger charge is -2.17. The summed E-state index contributed by atoms with van der Waals surface area (Å²) in [5, 5.41) is 5.65. The summed E-state index contributed by atoms with van der Waals surface area (Å²) in [6, 6.07) is 11.3. The Kier molecular flexibility index (Phi) is 7.11. The second-order valence-electron chi connectivity index (χ2n) is 8.43. The molecule has 2 heterocycles. The highest BCUT2D eigenvalue weighted by molar-refractivity contribution is 7.89. The van der Waals surface area contributed by atoms with E-state index in [2.05, 4.69) is 10.6 Å². The number of para-hydroxylation sites is 1. The van der Waals surface area contributed by atoms with Crippen molar-refractivity contribution in [3.8, 4) is 0 Å². The maximum absolute atomic E-state index is 13.1. The minimum absolute atomic E-state index is 0.0126. The molecule has 2 aromatic carbocycles. The minimum atomic E-state index is -3.64. The number of hydrogen-bond donors (Lipinski definition) is 2. The van der Waals surface area contributed by atoms with Gasteiger partial charge in [0.25, 0.3) is 11.8 Å². The number of nitrogens with zero attached hydrogens (tertiary/aromatic N) is 1. The number of carbonyl (C=O) groups is 2. The van der Waals surface area contributed by atoms with E-state index in [1.54, 1.807) is 37.3 Å². The first-order valence-corrected chi connectivity index (χ1v) is 12.7. The Morgan fingerprint density at radius 2 is 1.79 bits per heavy atom. The van der Waals surface area contributed by atoms with Crippen LogP contribution in [-0.2, 0) is 14.8 Å². The molecular formula is C24H29N3O5S. The molecular weight excluding hydrogens is 442 g/mol. The number of sulfonamides is 1. The zero-order chi connectivity index (χ0) is 23.4. The molecule has 0 saturated carbocycles. The Balaban J connectivity index is 1.52. The predicted octanol–water partition coefficient (Wildman–Crippen LogP) is 2.94. The van der Waals surface area contributed by atoms with Gasteiger partial charge in [0.2, 0.25) is 10.0 Å². The summed E-state index contributed by atoms with van der Waals surface area (Å²) in [7, 11) is -3.64. The van der Waals surface area contributed by atoms with Crippen molar-refractivity contribution in [1.82, 2.24) is 9.62 Å². The van der Waals surface area contributed by atoms with Crippen LogP contribution in [0.5, 0.6) is 0 Å². The molecule has 2 aliphatic rings. The molecule has 2 aromatic rings. The van der Waals surface area contributed by atoms with Crippen molar-refractivity contribution < 1.29 is 22.7 Å². The number of aryl methyl sites for hydroxylation is 1. The highest BCUT2D eigenvalue weighted by Crippen LogP contribution is 2.24. The van der Waals surface area contributed by atoms with Gasteiger partial charge in [-0.15, -0.1) is 0 Å². The van der Waals surface area contributed by atoms with Crippen molar-refractivity contribution in [1.29, 1.82) is 0 Å². The van der Waals surface area contributed by atoms with Gasteiger partial charge in [-0.05, 0) is 62.4 Å². The van der Waals surface area contributed by atoms with Crippen molar-refractivity contribution >= 4 is 27.5 Å². The van der Waals surface area contributed by atoms with Crippen molar-refractivity contribution in [2.45, 2.75) is 43.6 Å². The van der Waals surface area contributed by atoms with E-state index in [1.165, 1.54) is 16.4 Å². The number of benzene rings is 2. The minimum Gasteiger partial charge on any atom is -0.376 e.